The van der Waals surface area contributed by atoms with Crippen molar-refractivity contribution in [3.05, 3.63) is 40.1 Å². The number of ketones is 1. The van der Waals surface area contributed by atoms with E-state index in [0.29, 0.717) is 37.0 Å². The molecule has 2 aromatic rings. The number of aromatic amines is 1. The van der Waals surface area contributed by atoms with Gasteiger partial charge in [-0.3, -0.25) is 14.9 Å². The summed E-state index contributed by atoms with van der Waals surface area (Å²) in [7, 11) is 0. The molecule has 2 heterocycles. The van der Waals surface area contributed by atoms with Crippen LogP contribution in [0.4, 0.5) is 5.69 Å². The number of aromatic nitrogens is 1. The zero-order valence-electron chi connectivity index (χ0n) is 10.8. The van der Waals surface area contributed by atoms with Gasteiger partial charge in [0, 0.05) is 53.9 Å². The second kappa shape index (κ2) is 5.05. The van der Waals surface area contributed by atoms with Crippen LogP contribution in [0.15, 0.2) is 24.4 Å². The molecule has 0 radical (unpaired) electrons. The lowest BCUT2D eigenvalue weighted by Gasteiger charge is -2.20. The van der Waals surface area contributed by atoms with E-state index in [1.54, 1.807) is 12.3 Å². The molecule has 20 heavy (non-hydrogen) atoms. The molecule has 0 aliphatic carbocycles. The quantitative estimate of drug-likeness (QED) is 0.529. The number of nitrogens with zero attached hydrogens (tertiary/aromatic N) is 1. The largest absolute Gasteiger partial charge is 0.381 e. The summed E-state index contributed by atoms with van der Waals surface area (Å²) in [6.45, 7) is 1.19. The summed E-state index contributed by atoms with van der Waals surface area (Å²) < 4.78 is 5.26. The van der Waals surface area contributed by atoms with E-state index >= 15 is 0 Å². The van der Waals surface area contributed by atoms with E-state index in [0.717, 1.165) is 5.52 Å². The van der Waals surface area contributed by atoms with E-state index in [1.165, 1.54) is 12.1 Å². The summed E-state index contributed by atoms with van der Waals surface area (Å²) in [6, 6.07) is 4.52. The van der Waals surface area contributed by atoms with E-state index in [-0.39, 0.29) is 17.4 Å². The smallest absolute Gasteiger partial charge is 0.270 e. The van der Waals surface area contributed by atoms with Crippen molar-refractivity contribution >= 4 is 22.4 Å². The van der Waals surface area contributed by atoms with Crippen molar-refractivity contribution in [1.29, 1.82) is 0 Å². The third kappa shape index (κ3) is 2.18. The molecule has 0 amide bonds. The van der Waals surface area contributed by atoms with E-state index < -0.39 is 4.92 Å². The second-order valence-corrected chi connectivity index (χ2v) is 4.94. The predicted molar refractivity (Wildman–Crippen MR) is 72.8 cm³/mol. The minimum atomic E-state index is -0.449. The van der Waals surface area contributed by atoms with Crippen LogP contribution in [0.3, 0.4) is 0 Å². The van der Waals surface area contributed by atoms with Gasteiger partial charge in [0.05, 0.1) is 4.92 Å². The van der Waals surface area contributed by atoms with Crippen molar-refractivity contribution in [2.24, 2.45) is 5.92 Å². The molecule has 1 aromatic heterocycles. The highest BCUT2D eigenvalue weighted by Crippen LogP contribution is 2.28. The number of nitro benzene ring substituents is 1. The first-order valence-electron chi connectivity index (χ1n) is 6.54. The molecule has 1 saturated heterocycles. The number of non-ortho nitro benzene ring substituents is 1. The van der Waals surface area contributed by atoms with Gasteiger partial charge in [0.2, 0.25) is 0 Å². The van der Waals surface area contributed by atoms with E-state index in [1.807, 2.05) is 0 Å². The van der Waals surface area contributed by atoms with Gasteiger partial charge in [-0.1, -0.05) is 0 Å². The highest BCUT2D eigenvalue weighted by atomic mass is 16.6. The Balaban J connectivity index is 2.00. The molecule has 1 aliphatic rings. The number of hydrogen-bond acceptors (Lipinski definition) is 4. The van der Waals surface area contributed by atoms with Gasteiger partial charge in [0.15, 0.2) is 5.78 Å². The third-order valence-electron chi connectivity index (χ3n) is 3.73. The third-order valence-corrected chi connectivity index (χ3v) is 3.73. The first kappa shape index (κ1) is 12.8. The molecular formula is C14H14N2O4. The van der Waals surface area contributed by atoms with Crippen LogP contribution < -0.4 is 0 Å². The van der Waals surface area contributed by atoms with Crippen LogP contribution in [0.5, 0.6) is 0 Å². The minimum absolute atomic E-state index is 0.00173. The first-order valence-corrected chi connectivity index (χ1v) is 6.54. The lowest BCUT2D eigenvalue weighted by atomic mass is 9.91. The van der Waals surface area contributed by atoms with E-state index in [4.69, 9.17) is 4.74 Å². The van der Waals surface area contributed by atoms with Crippen LogP contribution in [-0.2, 0) is 4.74 Å². The van der Waals surface area contributed by atoms with Gasteiger partial charge in [-0.15, -0.1) is 0 Å². The van der Waals surface area contributed by atoms with Crippen LogP contribution >= 0.6 is 0 Å². The van der Waals surface area contributed by atoms with Crippen molar-refractivity contribution in [3.8, 4) is 0 Å². The lowest BCUT2D eigenvalue weighted by molar-refractivity contribution is -0.384. The summed E-state index contributed by atoms with van der Waals surface area (Å²) in [5.41, 5.74) is 1.28. The summed E-state index contributed by atoms with van der Waals surface area (Å²) in [5, 5.41) is 11.5. The fourth-order valence-corrected chi connectivity index (χ4v) is 2.61. The maximum Gasteiger partial charge on any atom is 0.270 e. The zero-order valence-corrected chi connectivity index (χ0v) is 10.8. The Hall–Kier alpha value is -2.21. The number of rotatable bonds is 3. The van der Waals surface area contributed by atoms with Crippen LogP contribution in [0.1, 0.15) is 23.2 Å². The molecule has 1 N–H and O–H groups in total. The number of fused-ring (bicyclic) bond motifs is 1. The highest BCUT2D eigenvalue weighted by molar-refractivity contribution is 6.09. The highest BCUT2D eigenvalue weighted by Gasteiger charge is 2.25. The number of benzene rings is 1. The van der Waals surface area contributed by atoms with Crippen LogP contribution in [0.2, 0.25) is 0 Å². The molecule has 104 valence electrons. The molecule has 3 rings (SSSR count). The van der Waals surface area contributed by atoms with Gasteiger partial charge in [-0.05, 0) is 18.9 Å². The summed E-state index contributed by atoms with van der Waals surface area (Å²) >= 11 is 0. The number of hydrogen-bond donors (Lipinski definition) is 1. The van der Waals surface area contributed by atoms with Crippen molar-refractivity contribution < 1.29 is 14.5 Å². The Morgan fingerprint density at radius 2 is 2.10 bits per heavy atom. The number of nitrogens with one attached hydrogen (secondary N) is 1. The monoisotopic (exact) mass is 274 g/mol. The van der Waals surface area contributed by atoms with Gasteiger partial charge in [0.25, 0.3) is 5.69 Å². The minimum Gasteiger partial charge on any atom is -0.381 e. The average Bonchev–Trinajstić information content (AvgIpc) is 2.90. The molecule has 1 aliphatic heterocycles. The van der Waals surface area contributed by atoms with Crippen LogP contribution in [0.25, 0.3) is 10.9 Å². The second-order valence-electron chi connectivity index (χ2n) is 4.94. The lowest BCUT2D eigenvalue weighted by Crippen LogP contribution is -2.23. The summed E-state index contributed by atoms with van der Waals surface area (Å²) in [5.74, 6) is -0.0120. The zero-order chi connectivity index (χ0) is 14.1. The number of carbonyl (C=O) groups is 1. The number of Topliss-reactive ketones (excluding diaryl/α,β-unsaturated/α-hetero) is 1. The Kier molecular flexibility index (Phi) is 3.23. The van der Waals surface area contributed by atoms with Crippen molar-refractivity contribution in [1.82, 2.24) is 4.98 Å². The average molecular weight is 274 g/mol. The van der Waals surface area contributed by atoms with E-state index in [9.17, 15) is 14.9 Å². The Morgan fingerprint density at radius 1 is 1.35 bits per heavy atom. The standard InChI is InChI=1S/C14H14N2O4/c17-14(9-3-5-20-6-4-9)12-8-15-13-2-1-10(16(18)19)7-11(12)13/h1-2,7-9,15H,3-6H2. The molecule has 0 bridgehead atoms. The Morgan fingerprint density at radius 3 is 2.80 bits per heavy atom. The van der Waals surface area contributed by atoms with Gasteiger partial charge >= 0.3 is 0 Å². The molecule has 0 unspecified atom stereocenters. The predicted octanol–water partition coefficient (Wildman–Crippen LogP) is 2.69. The summed E-state index contributed by atoms with van der Waals surface area (Å²) in [6.07, 6.45) is 3.06. The van der Waals surface area contributed by atoms with Crippen molar-refractivity contribution in [2.45, 2.75) is 12.8 Å². The number of nitro groups is 1. The number of carbonyl (C=O) groups excluding carboxylic acids is 1. The Bertz CT molecular complexity index is 671. The fourth-order valence-electron chi connectivity index (χ4n) is 2.61. The fraction of sp³-hybridized carbons (Fsp3) is 0.357. The van der Waals surface area contributed by atoms with Crippen molar-refractivity contribution in [3.63, 3.8) is 0 Å². The van der Waals surface area contributed by atoms with Crippen LogP contribution in [-0.4, -0.2) is 28.9 Å². The normalized spacial score (nSPS) is 16.4. The molecule has 6 heteroatoms. The molecule has 0 spiro atoms. The van der Waals surface area contributed by atoms with Gasteiger partial charge in [-0.25, -0.2) is 0 Å². The Labute approximate surface area is 114 Å². The SMILES string of the molecule is O=C(c1c[nH]c2ccc([N+](=O)[O-])cc12)C1CCOCC1. The topological polar surface area (TPSA) is 85.2 Å². The maximum absolute atomic E-state index is 12.5. The van der Waals surface area contributed by atoms with Crippen LogP contribution in [0, 0.1) is 16.0 Å². The number of ether oxygens (including phenoxy) is 1. The van der Waals surface area contributed by atoms with Gasteiger partial charge in [-0.2, -0.15) is 0 Å². The molecular weight excluding hydrogens is 260 g/mol. The number of H-pyrrole nitrogens is 1. The van der Waals surface area contributed by atoms with Gasteiger partial charge in [0.1, 0.15) is 0 Å². The van der Waals surface area contributed by atoms with E-state index in [2.05, 4.69) is 4.98 Å². The van der Waals surface area contributed by atoms with Crippen molar-refractivity contribution in [2.75, 3.05) is 13.2 Å². The molecule has 0 saturated carbocycles. The van der Waals surface area contributed by atoms with Gasteiger partial charge < -0.3 is 9.72 Å². The molecule has 0 atom stereocenters. The molecule has 6 nitrogen and oxygen atoms in total. The molecule has 1 aromatic carbocycles. The molecule has 1 fully saturated rings. The first-order chi connectivity index (χ1) is 9.66. The maximum atomic E-state index is 12.5. The summed E-state index contributed by atoms with van der Waals surface area (Å²) in [4.78, 5) is 25.9.